The second-order valence-electron chi connectivity index (χ2n) is 6.03. The van der Waals surface area contributed by atoms with Gasteiger partial charge in [0.05, 0.1) is 0 Å². The van der Waals surface area contributed by atoms with Crippen LogP contribution in [0.1, 0.15) is 72.6 Å². The fraction of sp³-hybridized carbons (Fsp3) is 1.00. The van der Waals surface area contributed by atoms with Gasteiger partial charge in [0.25, 0.3) is 0 Å². The Morgan fingerprint density at radius 3 is 2.19 bits per heavy atom. The third-order valence-electron chi connectivity index (χ3n) is 4.05. The van der Waals surface area contributed by atoms with Gasteiger partial charge in [-0.05, 0) is 43.9 Å². The number of nitrogens with one attached hydrogen (secondary N) is 1. The average Bonchev–Trinajstić information content (AvgIpc) is 2.22. The minimum Gasteiger partial charge on any atom is -0.311 e. The van der Waals surface area contributed by atoms with Crippen LogP contribution in [0.5, 0.6) is 0 Å². The SMILES string of the molecule is CCCCC(CC)NC1CC(C)CC(C)C1. The normalized spacial score (nSPS) is 32.6. The molecule has 1 nitrogen and oxygen atoms in total. The molecule has 0 bridgehead atoms. The highest BCUT2D eigenvalue weighted by molar-refractivity contribution is 4.82. The van der Waals surface area contributed by atoms with Crippen molar-refractivity contribution in [2.45, 2.75) is 84.7 Å². The van der Waals surface area contributed by atoms with Crippen molar-refractivity contribution in [3.63, 3.8) is 0 Å². The quantitative estimate of drug-likeness (QED) is 0.708. The topological polar surface area (TPSA) is 12.0 Å². The summed E-state index contributed by atoms with van der Waals surface area (Å²) in [5, 5.41) is 3.90. The maximum absolute atomic E-state index is 3.90. The van der Waals surface area contributed by atoms with Crippen LogP contribution in [0.3, 0.4) is 0 Å². The van der Waals surface area contributed by atoms with E-state index in [4.69, 9.17) is 0 Å². The van der Waals surface area contributed by atoms with Crippen molar-refractivity contribution in [3.05, 3.63) is 0 Å². The van der Waals surface area contributed by atoms with E-state index >= 15 is 0 Å². The first-order valence-corrected chi connectivity index (χ1v) is 7.41. The van der Waals surface area contributed by atoms with Crippen molar-refractivity contribution >= 4 is 0 Å². The summed E-state index contributed by atoms with van der Waals surface area (Å²) in [7, 11) is 0. The van der Waals surface area contributed by atoms with E-state index in [2.05, 4.69) is 33.0 Å². The Balaban J connectivity index is 2.32. The maximum Gasteiger partial charge on any atom is 0.00747 e. The fourth-order valence-electron chi connectivity index (χ4n) is 3.27. The molecule has 16 heavy (non-hydrogen) atoms. The van der Waals surface area contributed by atoms with Gasteiger partial charge in [-0.2, -0.15) is 0 Å². The molecule has 1 N–H and O–H groups in total. The van der Waals surface area contributed by atoms with Crippen LogP contribution in [-0.2, 0) is 0 Å². The molecule has 1 rings (SSSR count). The van der Waals surface area contributed by atoms with Crippen molar-refractivity contribution in [1.29, 1.82) is 0 Å². The molecule has 0 radical (unpaired) electrons. The van der Waals surface area contributed by atoms with Crippen molar-refractivity contribution in [1.82, 2.24) is 5.32 Å². The van der Waals surface area contributed by atoms with E-state index < -0.39 is 0 Å². The molecule has 0 saturated heterocycles. The lowest BCUT2D eigenvalue weighted by atomic mass is 9.80. The van der Waals surface area contributed by atoms with E-state index in [0.717, 1.165) is 23.9 Å². The average molecular weight is 225 g/mol. The molecular weight excluding hydrogens is 194 g/mol. The summed E-state index contributed by atoms with van der Waals surface area (Å²) in [6.07, 6.45) is 9.59. The van der Waals surface area contributed by atoms with E-state index in [1.54, 1.807) is 0 Å². The van der Waals surface area contributed by atoms with Crippen LogP contribution in [0.4, 0.5) is 0 Å². The molecule has 0 aromatic heterocycles. The summed E-state index contributed by atoms with van der Waals surface area (Å²) in [5.74, 6) is 1.84. The van der Waals surface area contributed by atoms with Crippen LogP contribution in [0.25, 0.3) is 0 Å². The van der Waals surface area contributed by atoms with Gasteiger partial charge in [-0.3, -0.25) is 0 Å². The van der Waals surface area contributed by atoms with Crippen LogP contribution in [-0.4, -0.2) is 12.1 Å². The Hall–Kier alpha value is -0.0400. The highest BCUT2D eigenvalue weighted by atomic mass is 14.9. The molecule has 3 unspecified atom stereocenters. The van der Waals surface area contributed by atoms with E-state index in [1.807, 2.05) is 0 Å². The van der Waals surface area contributed by atoms with Crippen LogP contribution < -0.4 is 5.32 Å². The monoisotopic (exact) mass is 225 g/mol. The molecule has 1 aliphatic rings. The third-order valence-corrected chi connectivity index (χ3v) is 4.05. The van der Waals surface area contributed by atoms with Crippen molar-refractivity contribution in [2.75, 3.05) is 0 Å². The van der Waals surface area contributed by atoms with Gasteiger partial charge < -0.3 is 5.32 Å². The van der Waals surface area contributed by atoms with Crippen LogP contribution in [0, 0.1) is 11.8 Å². The Labute approximate surface area is 102 Å². The van der Waals surface area contributed by atoms with Gasteiger partial charge in [-0.15, -0.1) is 0 Å². The Morgan fingerprint density at radius 1 is 1.06 bits per heavy atom. The summed E-state index contributed by atoms with van der Waals surface area (Å²) in [6, 6.07) is 1.56. The molecule has 0 heterocycles. The zero-order valence-electron chi connectivity index (χ0n) is 11.8. The molecule has 96 valence electrons. The van der Waals surface area contributed by atoms with E-state index in [-0.39, 0.29) is 0 Å². The van der Waals surface area contributed by atoms with Gasteiger partial charge in [0.2, 0.25) is 0 Å². The van der Waals surface area contributed by atoms with Gasteiger partial charge >= 0.3 is 0 Å². The smallest absolute Gasteiger partial charge is 0.00747 e. The minimum absolute atomic E-state index is 0.766. The fourth-order valence-corrected chi connectivity index (χ4v) is 3.27. The molecule has 0 aromatic rings. The molecule has 1 heteroatoms. The van der Waals surface area contributed by atoms with E-state index in [0.29, 0.717) is 0 Å². The molecule has 0 amide bonds. The summed E-state index contributed by atoms with van der Waals surface area (Å²) in [4.78, 5) is 0. The minimum atomic E-state index is 0.766. The van der Waals surface area contributed by atoms with Gasteiger partial charge in [-0.1, -0.05) is 40.5 Å². The van der Waals surface area contributed by atoms with Crippen LogP contribution >= 0.6 is 0 Å². The lowest BCUT2D eigenvalue weighted by molar-refractivity contribution is 0.220. The largest absolute Gasteiger partial charge is 0.311 e. The summed E-state index contributed by atoms with van der Waals surface area (Å²) < 4.78 is 0. The van der Waals surface area contributed by atoms with Gasteiger partial charge in [0.1, 0.15) is 0 Å². The third kappa shape index (κ3) is 4.86. The Kier molecular flexibility index (Phi) is 6.41. The van der Waals surface area contributed by atoms with E-state index in [1.165, 1.54) is 44.9 Å². The zero-order chi connectivity index (χ0) is 12.0. The molecule has 3 atom stereocenters. The summed E-state index contributed by atoms with van der Waals surface area (Å²) >= 11 is 0. The van der Waals surface area contributed by atoms with E-state index in [9.17, 15) is 0 Å². The standard InChI is InChI=1S/C15H31N/c1-5-7-8-14(6-2)16-15-10-12(3)9-13(4)11-15/h12-16H,5-11H2,1-4H3. The van der Waals surface area contributed by atoms with Gasteiger partial charge in [0.15, 0.2) is 0 Å². The predicted molar refractivity (Wildman–Crippen MR) is 72.7 cm³/mol. The van der Waals surface area contributed by atoms with Crippen molar-refractivity contribution < 1.29 is 0 Å². The summed E-state index contributed by atoms with van der Waals surface area (Å²) in [6.45, 7) is 9.44. The molecular formula is C15H31N. The molecule has 1 aliphatic carbocycles. The number of hydrogen-bond acceptors (Lipinski definition) is 1. The second-order valence-corrected chi connectivity index (χ2v) is 6.03. The highest BCUT2D eigenvalue weighted by Crippen LogP contribution is 2.29. The predicted octanol–water partition coefficient (Wildman–Crippen LogP) is 4.37. The van der Waals surface area contributed by atoms with Crippen LogP contribution in [0.2, 0.25) is 0 Å². The molecule has 0 aliphatic heterocycles. The molecule has 0 aromatic carbocycles. The first kappa shape index (κ1) is 14.0. The Bertz CT molecular complexity index is 168. The zero-order valence-corrected chi connectivity index (χ0v) is 11.8. The molecule has 0 spiro atoms. The van der Waals surface area contributed by atoms with Crippen LogP contribution in [0.15, 0.2) is 0 Å². The van der Waals surface area contributed by atoms with Gasteiger partial charge in [0, 0.05) is 12.1 Å². The van der Waals surface area contributed by atoms with Gasteiger partial charge in [-0.25, -0.2) is 0 Å². The second kappa shape index (κ2) is 7.32. The number of rotatable bonds is 6. The first-order chi connectivity index (χ1) is 7.65. The number of hydrogen-bond donors (Lipinski definition) is 1. The number of unbranched alkanes of at least 4 members (excludes halogenated alkanes) is 1. The summed E-state index contributed by atoms with van der Waals surface area (Å²) in [5.41, 5.74) is 0. The maximum atomic E-state index is 3.90. The van der Waals surface area contributed by atoms with Crippen molar-refractivity contribution in [3.8, 4) is 0 Å². The lowest BCUT2D eigenvalue weighted by Crippen LogP contribution is -2.42. The lowest BCUT2D eigenvalue weighted by Gasteiger charge is -2.34. The molecule has 1 saturated carbocycles. The van der Waals surface area contributed by atoms with Crippen molar-refractivity contribution in [2.24, 2.45) is 11.8 Å². The highest BCUT2D eigenvalue weighted by Gasteiger charge is 2.24. The molecule has 1 fully saturated rings. The Morgan fingerprint density at radius 2 is 1.69 bits per heavy atom. The first-order valence-electron chi connectivity index (χ1n) is 7.41.